The van der Waals surface area contributed by atoms with Gasteiger partial charge in [0, 0.05) is 23.0 Å². The number of hydrogen-bond donors (Lipinski definition) is 2. The van der Waals surface area contributed by atoms with Gasteiger partial charge >= 0.3 is 0 Å². The van der Waals surface area contributed by atoms with Crippen LogP contribution in [0.1, 0.15) is 30.5 Å². The number of amides is 1. The minimum atomic E-state index is -3.63. The Balaban J connectivity index is 1.87. The summed E-state index contributed by atoms with van der Waals surface area (Å²) in [7, 11) is -3.63. The normalized spacial score (nSPS) is 12.6. The predicted molar refractivity (Wildman–Crippen MR) is 104 cm³/mol. The number of aryl methyl sites for hydroxylation is 1. The zero-order chi connectivity index (χ0) is 19.3. The van der Waals surface area contributed by atoms with Crippen LogP contribution >= 0.6 is 23.2 Å². The van der Waals surface area contributed by atoms with Crippen LogP contribution in [0, 0.1) is 6.92 Å². The van der Waals surface area contributed by atoms with Gasteiger partial charge in [0.15, 0.2) is 0 Å². The van der Waals surface area contributed by atoms with Gasteiger partial charge in [0.1, 0.15) is 0 Å². The zero-order valence-corrected chi connectivity index (χ0v) is 16.8. The molecule has 0 saturated carbocycles. The minimum absolute atomic E-state index is 0.00309. The van der Waals surface area contributed by atoms with Crippen molar-refractivity contribution in [2.24, 2.45) is 0 Å². The van der Waals surface area contributed by atoms with Crippen molar-refractivity contribution in [3.05, 3.63) is 63.6 Å². The molecule has 1 atom stereocenters. The SMILES string of the molecule is Cc1ccc(S(=O)(=O)NCCC(=O)N[C@H](C)c2ccc(Cl)cc2Cl)cc1. The molecule has 0 radical (unpaired) electrons. The van der Waals surface area contributed by atoms with Crippen LogP contribution in [0.3, 0.4) is 0 Å². The molecule has 0 aromatic heterocycles. The van der Waals surface area contributed by atoms with Crippen LogP contribution in [-0.2, 0) is 14.8 Å². The lowest BCUT2D eigenvalue weighted by atomic mass is 10.1. The fourth-order valence-corrected chi connectivity index (χ4v) is 3.95. The predicted octanol–water partition coefficient (Wildman–Crippen LogP) is 3.85. The summed E-state index contributed by atoms with van der Waals surface area (Å²) in [5.74, 6) is -0.282. The second-order valence-electron chi connectivity index (χ2n) is 5.92. The van der Waals surface area contributed by atoms with Gasteiger partial charge in [0.25, 0.3) is 0 Å². The molecule has 2 aromatic rings. The Labute approximate surface area is 163 Å². The number of carbonyl (C=O) groups excluding carboxylic acids is 1. The summed E-state index contributed by atoms with van der Waals surface area (Å²) in [6.07, 6.45) is 0.0145. The zero-order valence-electron chi connectivity index (χ0n) is 14.4. The lowest BCUT2D eigenvalue weighted by molar-refractivity contribution is -0.121. The van der Waals surface area contributed by atoms with E-state index in [1.807, 2.05) is 6.92 Å². The van der Waals surface area contributed by atoms with E-state index in [9.17, 15) is 13.2 Å². The topological polar surface area (TPSA) is 75.3 Å². The Bertz CT molecular complexity index is 884. The number of carbonyl (C=O) groups is 1. The molecular weight excluding hydrogens is 395 g/mol. The summed E-state index contributed by atoms with van der Waals surface area (Å²) in [4.78, 5) is 12.2. The smallest absolute Gasteiger partial charge is 0.240 e. The molecule has 0 aliphatic heterocycles. The molecule has 0 heterocycles. The maximum atomic E-state index is 12.2. The number of benzene rings is 2. The van der Waals surface area contributed by atoms with E-state index in [4.69, 9.17) is 23.2 Å². The molecule has 0 aliphatic carbocycles. The Kier molecular flexibility index (Phi) is 7.06. The maximum absolute atomic E-state index is 12.2. The highest BCUT2D eigenvalue weighted by Crippen LogP contribution is 2.26. The molecule has 2 N–H and O–H groups in total. The molecular formula is C18H20Cl2N2O3S. The summed E-state index contributed by atoms with van der Waals surface area (Å²) in [6.45, 7) is 3.68. The van der Waals surface area contributed by atoms with E-state index in [-0.39, 0.29) is 29.8 Å². The first-order valence-corrected chi connectivity index (χ1v) is 10.2. The van der Waals surface area contributed by atoms with Crippen molar-refractivity contribution in [3.63, 3.8) is 0 Å². The third-order valence-electron chi connectivity index (χ3n) is 3.78. The van der Waals surface area contributed by atoms with Crippen molar-refractivity contribution in [3.8, 4) is 0 Å². The monoisotopic (exact) mass is 414 g/mol. The van der Waals surface area contributed by atoms with E-state index in [0.717, 1.165) is 11.1 Å². The van der Waals surface area contributed by atoms with E-state index in [0.29, 0.717) is 10.0 Å². The van der Waals surface area contributed by atoms with Crippen molar-refractivity contribution in [2.75, 3.05) is 6.54 Å². The molecule has 2 aromatic carbocycles. The third-order valence-corrected chi connectivity index (χ3v) is 5.82. The average Bonchev–Trinajstić information content (AvgIpc) is 2.54. The molecule has 0 aliphatic rings. The minimum Gasteiger partial charge on any atom is -0.349 e. The van der Waals surface area contributed by atoms with Crippen molar-refractivity contribution in [1.29, 1.82) is 0 Å². The first-order chi connectivity index (χ1) is 12.2. The van der Waals surface area contributed by atoms with Gasteiger partial charge in [0.05, 0.1) is 10.9 Å². The summed E-state index contributed by atoms with van der Waals surface area (Å²) < 4.78 is 26.8. The highest BCUT2D eigenvalue weighted by Gasteiger charge is 2.16. The number of hydrogen-bond acceptors (Lipinski definition) is 3. The second kappa shape index (κ2) is 8.86. The molecule has 8 heteroatoms. The Morgan fingerprint density at radius 1 is 1.12 bits per heavy atom. The van der Waals surface area contributed by atoms with Crippen molar-refractivity contribution in [2.45, 2.75) is 31.2 Å². The second-order valence-corrected chi connectivity index (χ2v) is 8.53. The van der Waals surface area contributed by atoms with Gasteiger partial charge in [-0.05, 0) is 43.7 Å². The quantitative estimate of drug-likeness (QED) is 0.722. The van der Waals surface area contributed by atoms with Crippen LogP contribution < -0.4 is 10.0 Å². The Morgan fingerprint density at radius 3 is 2.38 bits per heavy atom. The highest BCUT2D eigenvalue weighted by molar-refractivity contribution is 7.89. The molecule has 1 amide bonds. The molecule has 0 bridgehead atoms. The number of sulfonamides is 1. The molecule has 0 fully saturated rings. The molecule has 26 heavy (non-hydrogen) atoms. The first-order valence-electron chi connectivity index (χ1n) is 7.99. The lowest BCUT2D eigenvalue weighted by Crippen LogP contribution is -2.32. The highest BCUT2D eigenvalue weighted by atomic mass is 35.5. The van der Waals surface area contributed by atoms with Crippen LogP contribution in [0.2, 0.25) is 10.0 Å². The van der Waals surface area contributed by atoms with E-state index < -0.39 is 10.0 Å². The van der Waals surface area contributed by atoms with Gasteiger partial charge in [-0.15, -0.1) is 0 Å². The average molecular weight is 415 g/mol. The maximum Gasteiger partial charge on any atom is 0.240 e. The Morgan fingerprint density at radius 2 is 1.77 bits per heavy atom. The molecule has 140 valence electrons. The standard InChI is InChI=1S/C18H20Cl2N2O3S/c1-12-3-6-15(7-4-12)26(24,25)21-10-9-18(23)22-13(2)16-8-5-14(19)11-17(16)20/h3-8,11,13,21H,9-10H2,1-2H3,(H,22,23)/t13-/m1/s1. The van der Waals surface area contributed by atoms with Gasteiger partial charge in [-0.2, -0.15) is 0 Å². The molecule has 0 unspecified atom stereocenters. The number of nitrogens with one attached hydrogen (secondary N) is 2. The fourth-order valence-electron chi connectivity index (χ4n) is 2.34. The Hall–Kier alpha value is -1.60. The summed E-state index contributed by atoms with van der Waals surface area (Å²) in [6, 6.07) is 11.2. The van der Waals surface area contributed by atoms with E-state index in [1.165, 1.54) is 12.1 Å². The van der Waals surface area contributed by atoms with Gasteiger partial charge in [-0.3, -0.25) is 4.79 Å². The molecule has 2 rings (SSSR count). The van der Waals surface area contributed by atoms with Crippen LogP contribution in [0.15, 0.2) is 47.4 Å². The molecule has 0 spiro atoms. The first kappa shape index (κ1) is 20.7. The largest absolute Gasteiger partial charge is 0.349 e. The number of halogens is 2. The van der Waals surface area contributed by atoms with E-state index in [1.54, 1.807) is 37.3 Å². The summed E-state index contributed by atoms with van der Waals surface area (Å²) in [5, 5.41) is 3.77. The van der Waals surface area contributed by atoms with Crippen LogP contribution in [-0.4, -0.2) is 20.9 Å². The molecule has 5 nitrogen and oxygen atoms in total. The van der Waals surface area contributed by atoms with E-state index >= 15 is 0 Å². The van der Waals surface area contributed by atoms with Crippen molar-refractivity contribution < 1.29 is 13.2 Å². The van der Waals surface area contributed by atoms with Crippen LogP contribution in [0.5, 0.6) is 0 Å². The van der Waals surface area contributed by atoms with Gasteiger partial charge in [-0.25, -0.2) is 13.1 Å². The van der Waals surface area contributed by atoms with Gasteiger partial charge in [-0.1, -0.05) is 47.0 Å². The van der Waals surface area contributed by atoms with Crippen molar-refractivity contribution in [1.82, 2.24) is 10.0 Å². The number of rotatable bonds is 7. The third kappa shape index (κ3) is 5.71. The van der Waals surface area contributed by atoms with Gasteiger partial charge < -0.3 is 5.32 Å². The summed E-state index contributed by atoms with van der Waals surface area (Å²) in [5.41, 5.74) is 1.71. The fraction of sp³-hybridized carbons (Fsp3) is 0.278. The molecule has 0 saturated heterocycles. The van der Waals surface area contributed by atoms with Crippen molar-refractivity contribution >= 4 is 39.1 Å². The van der Waals surface area contributed by atoms with E-state index in [2.05, 4.69) is 10.0 Å². The summed E-state index contributed by atoms with van der Waals surface area (Å²) >= 11 is 12.0. The van der Waals surface area contributed by atoms with Crippen LogP contribution in [0.25, 0.3) is 0 Å². The van der Waals surface area contributed by atoms with Crippen LogP contribution in [0.4, 0.5) is 0 Å². The van der Waals surface area contributed by atoms with Gasteiger partial charge in [0.2, 0.25) is 15.9 Å². The lowest BCUT2D eigenvalue weighted by Gasteiger charge is -2.16.